The van der Waals surface area contributed by atoms with Crippen LogP contribution in [0.1, 0.15) is 26.5 Å². The third kappa shape index (κ3) is 4.81. The first-order valence-electron chi connectivity index (χ1n) is 13.3. The number of likely N-dealkylation sites (tertiary alicyclic amines) is 1. The number of aromatic nitrogens is 2. The maximum atomic E-state index is 15.2. The SMILES string of the molecule is CC(C)(C)OC(=O)N1C[C@@H]2[C@H](C1)[C@@]2(C#N)c1ccc(-c2ccc(N3C[C@H](COc4ccon4)OC3=O)cc2F)cn1. The second kappa shape index (κ2) is 9.76. The number of pyridine rings is 1. The maximum absolute atomic E-state index is 15.2. The van der Waals surface area contributed by atoms with E-state index in [0.29, 0.717) is 35.6 Å². The number of anilines is 1. The summed E-state index contributed by atoms with van der Waals surface area (Å²) in [5.41, 5.74) is 0.449. The Labute approximate surface area is 235 Å². The molecular weight excluding hydrogens is 533 g/mol. The van der Waals surface area contributed by atoms with Crippen LogP contribution in [0.4, 0.5) is 19.7 Å². The second-order valence-corrected chi connectivity index (χ2v) is 11.4. The van der Waals surface area contributed by atoms with Crippen molar-refractivity contribution in [1.82, 2.24) is 15.0 Å². The standard InChI is InChI=1S/C29H28FN5O6/c1-28(2,3)41-26(36)34-13-21-22(14-34)29(21,16-31)24-7-4-17(11-32-24)20-6-5-18(10-23(20)30)35-12-19(40-27(35)37)15-38-25-8-9-39-33-25/h4-11,19,21-22H,12-15H2,1-3H3/t19-,21-,22+,29+/m1/s1. The third-order valence-electron chi connectivity index (χ3n) is 7.69. The highest BCUT2D eigenvalue weighted by Gasteiger charge is 2.71. The van der Waals surface area contributed by atoms with Crippen molar-refractivity contribution in [2.45, 2.75) is 37.9 Å². The lowest BCUT2D eigenvalue weighted by Crippen LogP contribution is -2.39. The van der Waals surface area contributed by atoms with Gasteiger partial charge in [-0.1, -0.05) is 6.07 Å². The van der Waals surface area contributed by atoms with Crippen molar-refractivity contribution in [3.8, 4) is 23.1 Å². The summed E-state index contributed by atoms with van der Waals surface area (Å²) in [6, 6.07) is 12.0. The summed E-state index contributed by atoms with van der Waals surface area (Å²) in [5.74, 6) is -0.305. The Kier molecular flexibility index (Phi) is 6.32. The van der Waals surface area contributed by atoms with Gasteiger partial charge in [-0.25, -0.2) is 14.0 Å². The molecule has 2 saturated heterocycles. The number of hydrogen-bond donors (Lipinski definition) is 0. The van der Waals surface area contributed by atoms with Crippen LogP contribution < -0.4 is 9.64 Å². The summed E-state index contributed by atoms with van der Waals surface area (Å²) < 4.78 is 36.2. The molecule has 0 unspecified atom stereocenters. The van der Waals surface area contributed by atoms with Gasteiger partial charge < -0.3 is 23.6 Å². The molecule has 2 aliphatic heterocycles. The second-order valence-electron chi connectivity index (χ2n) is 11.4. The highest BCUT2D eigenvalue weighted by Crippen LogP contribution is 2.62. The molecule has 41 heavy (non-hydrogen) atoms. The average Bonchev–Trinajstić information content (AvgIpc) is 3.45. The highest BCUT2D eigenvalue weighted by atomic mass is 19.1. The minimum absolute atomic E-state index is 0.0280. The molecule has 1 saturated carbocycles. The maximum Gasteiger partial charge on any atom is 0.414 e. The van der Waals surface area contributed by atoms with E-state index < -0.39 is 29.0 Å². The zero-order chi connectivity index (χ0) is 28.9. The highest BCUT2D eigenvalue weighted by molar-refractivity contribution is 5.90. The van der Waals surface area contributed by atoms with Crippen molar-refractivity contribution >= 4 is 17.9 Å². The fraction of sp³-hybridized carbons (Fsp3) is 0.414. The van der Waals surface area contributed by atoms with Crippen LogP contribution in [-0.4, -0.2) is 65.2 Å². The van der Waals surface area contributed by atoms with E-state index in [0.717, 1.165) is 0 Å². The molecular formula is C29H28FN5O6. The summed E-state index contributed by atoms with van der Waals surface area (Å²) in [5, 5.41) is 13.7. The number of rotatable bonds is 6. The summed E-state index contributed by atoms with van der Waals surface area (Å²) in [6.07, 6.45) is 1.39. The van der Waals surface area contributed by atoms with Gasteiger partial charge in [-0.15, -0.1) is 0 Å². The molecule has 3 aliphatic rings. The van der Waals surface area contributed by atoms with Crippen LogP contribution in [-0.2, 0) is 14.9 Å². The monoisotopic (exact) mass is 561 g/mol. The van der Waals surface area contributed by atoms with Gasteiger partial charge in [0.2, 0.25) is 0 Å². The molecule has 212 valence electrons. The van der Waals surface area contributed by atoms with Crippen LogP contribution in [0.2, 0.25) is 0 Å². The van der Waals surface area contributed by atoms with E-state index in [9.17, 15) is 14.9 Å². The van der Waals surface area contributed by atoms with E-state index in [1.165, 1.54) is 17.2 Å². The molecule has 3 aromatic rings. The molecule has 1 aliphatic carbocycles. The molecule has 11 nitrogen and oxygen atoms in total. The molecule has 0 N–H and O–H groups in total. The number of nitrogens with zero attached hydrogens (tertiary/aromatic N) is 5. The zero-order valence-corrected chi connectivity index (χ0v) is 22.7. The Morgan fingerprint density at radius 3 is 2.59 bits per heavy atom. The van der Waals surface area contributed by atoms with Crippen LogP contribution >= 0.6 is 0 Å². The Morgan fingerprint density at radius 2 is 1.98 bits per heavy atom. The Balaban J connectivity index is 1.11. The first kappa shape index (κ1) is 26.6. The van der Waals surface area contributed by atoms with Crippen molar-refractivity contribution < 1.29 is 32.7 Å². The van der Waals surface area contributed by atoms with Gasteiger partial charge in [-0.3, -0.25) is 9.88 Å². The average molecular weight is 562 g/mol. The Morgan fingerprint density at radius 1 is 1.20 bits per heavy atom. The zero-order valence-electron chi connectivity index (χ0n) is 22.7. The molecule has 0 bridgehead atoms. The number of amides is 2. The van der Waals surface area contributed by atoms with Crippen LogP contribution in [0.25, 0.3) is 11.1 Å². The molecule has 12 heteroatoms. The number of cyclic esters (lactones) is 1. The smallest absolute Gasteiger partial charge is 0.414 e. The van der Waals surface area contributed by atoms with Crippen LogP contribution in [0.15, 0.2) is 53.4 Å². The Bertz CT molecular complexity index is 1500. The van der Waals surface area contributed by atoms with Crippen molar-refractivity contribution in [2.75, 3.05) is 31.1 Å². The lowest BCUT2D eigenvalue weighted by Gasteiger charge is -2.27. The first-order chi connectivity index (χ1) is 19.6. The first-order valence-corrected chi connectivity index (χ1v) is 13.3. The number of hydrogen-bond acceptors (Lipinski definition) is 9. The van der Waals surface area contributed by atoms with E-state index >= 15 is 4.39 Å². The number of benzene rings is 1. The van der Waals surface area contributed by atoms with Crippen LogP contribution in [0.5, 0.6) is 5.88 Å². The van der Waals surface area contributed by atoms with E-state index in [1.807, 2.05) is 20.8 Å². The van der Waals surface area contributed by atoms with Crippen LogP contribution in [0, 0.1) is 29.0 Å². The van der Waals surface area contributed by atoms with Gasteiger partial charge >= 0.3 is 12.2 Å². The van der Waals surface area contributed by atoms with Crippen molar-refractivity contribution in [2.24, 2.45) is 11.8 Å². The quantitative estimate of drug-likeness (QED) is 0.426. The third-order valence-corrected chi connectivity index (χ3v) is 7.69. The van der Waals surface area contributed by atoms with Gasteiger partial charge in [0, 0.05) is 48.3 Å². The minimum atomic E-state index is -0.774. The van der Waals surface area contributed by atoms with Crippen LogP contribution in [0.3, 0.4) is 0 Å². The van der Waals surface area contributed by atoms with Crippen molar-refractivity contribution in [3.05, 3.63) is 60.4 Å². The number of fused-ring (bicyclic) bond motifs is 1. The number of ether oxygens (including phenoxy) is 3. The number of piperidine rings is 1. The molecule has 0 radical (unpaired) electrons. The molecule has 4 heterocycles. The molecule has 0 spiro atoms. The van der Waals surface area contributed by atoms with Gasteiger partial charge in [0.15, 0.2) is 6.10 Å². The van der Waals surface area contributed by atoms with Gasteiger partial charge in [0.1, 0.15) is 29.7 Å². The molecule has 4 atom stereocenters. The topological polar surface area (TPSA) is 131 Å². The fourth-order valence-electron chi connectivity index (χ4n) is 5.69. The normalized spacial score (nSPS) is 25.0. The largest absolute Gasteiger partial charge is 0.471 e. The van der Waals surface area contributed by atoms with E-state index in [4.69, 9.17) is 18.7 Å². The molecule has 2 aromatic heterocycles. The fourth-order valence-corrected chi connectivity index (χ4v) is 5.69. The number of carbonyl (C=O) groups excluding carboxylic acids is 2. The molecule has 2 amide bonds. The van der Waals surface area contributed by atoms with E-state index in [2.05, 4.69) is 16.2 Å². The van der Waals surface area contributed by atoms with Gasteiger partial charge in [0.05, 0.1) is 24.0 Å². The summed E-state index contributed by atoms with van der Waals surface area (Å²) in [6.45, 7) is 6.58. The predicted octanol–water partition coefficient (Wildman–Crippen LogP) is 4.54. The van der Waals surface area contributed by atoms with Crippen molar-refractivity contribution in [1.29, 1.82) is 5.26 Å². The predicted molar refractivity (Wildman–Crippen MR) is 141 cm³/mol. The summed E-state index contributed by atoms with van der Waals surface area (Å²) >= 11 is 0. The van der Waals surface area contributed by atoms with Gasteiger partial charge in [-0.05, 0) is 50.2 Å². The van der Waals surface area contributed by atoms with Gasteiger partial charge in [-0.2, -0.15) is 5.26 Å². The molecule has 6 rings (SSSR count). The number of nitriles is 1. The Hall–Kier alpha value is -4.66. The summed E-state index contributed by atoms with van der Waals surface area (Å²) in [7, 11) is 0. The van der Waals surface area contributed by atoms with E-state index in [1.54, 1.807) is 41.4 Å². The molecule has 3 fully saturated rings. The minimum Gasteiger partial charge on any atom is -0.471 e. The van der Waals surface area contributed by atoms with E-state index in [-0.39, 0.29) is 37.0 Å². The lowest BCUT2D eigenvalue weighted by molar-refractivity contribution is 0.0265. The van der Waals surface area contributed by atoms with Crippen molar-refractivity contribution in [3.63, 3.8) is 0 Å². The van der Waals surface area contributed by atoms with Gasteiger partial charge in [0.25, 0.3) is 5.88 Å². The molecule has 1 aromatic carbocycles. The summed E-state index contributed by atoms with van der Waals surface area (Å²) in [4.78, 5) is 32.4. The lowest BCUT2D eigenvalue weighted by atomic mass is 9.95. The number of carbonyl (C=O) groups is 2. The number of halogens is 1.